The van der Waals surface area contributed by atoms with Gasteiger partial charge < -0.3 is 10.1 Å². The van der Waals surface area contributed by atoms with Crippen molar-refractivity contribution < 1.29 is 31.9 Å². The highest BCUT2D eigenvalue weighted by atomic mass is 35.5. The van der Waals surface area contributed by atoms with Gasteiger partial charge in [-0.3, -0.25) is 10.1 Å². The number of rotatable bonds is 7. The summed E-state index contributed by atoms with van der Waals surface area (Å²) >= 11 is 5.22. The molecule has 1 rings (SSSR count). The Morgan fingerprint density at radius 1 is 1.21 bits per heavy atom. The maximum Gasteiger partial charge on any atom is 0.436 e. The number of hydrogen-bond donors (Lipinski definition) is 2. The monoisotopic (exact) mass is 370 g/mol. The molecule has 1 aromatic carbocycles. The van der Waals surface area contributed by atoms with Crippen LogP contribution >= 0.6 is 11.6 Å². The van der Waals surface area contributed by atoms with Crippen LogP contribution in [0.4, 0.5) is 17.6 Å². The van der Waals surface area contributed by atoms with E-state index in [9.17, 15) is 27.2 Å². The molecule has 0 fully saturated rings. The lowest BCUT2D eigenvalue weighted by atomic mass is 10.1. The number of amides is 1. The Labute approximate surface area is 140 Å². The van der Waals surface area contributed by atoms with Crippen molar-refractivity contribution in [2.24, 2.45) is 0 Å². The molecule has 0 aliphatic rings. The van der Waals surface area contributed by atoms with Crippen molar-refractivity contribution in [3.63, 3.8) is 0 Å². The van der Waals surface area contributed by atoms with Gasteiger partial charge in [0.15, 0.2) is 0 Å². The van der Waals surface area contributed by atoms with E-state index in [2.05, 4.69) is 4.74 Å². The van der Waals surface area contributed by atoms with Crippen molar-refractivity contribution in [3.8, 4) is 0 Å². The first-order valence-electron chi connectivity index (χ1n) is 6.76. The van der Waals surface area contributed by atoms with Crippen molar-refractivity contribution in [1.82, 2.24) is 10.6 Å². The summed E-state index contributed by atoms with van der Waals surface area (Å²) in [5.74, 6) is -4.29. The molecule has 0 aliphatic carbocycles. The zero-order chi connectivity index (χ0) is 18.4. The first kappa shape index (κ1) is 20.2. The Morgan fingerprint density at radius 3 is 2.25 bits per heavy atom. The summed E-state index contributed by atoms with van der Waals surface area (Å²) in [6.45, 7) is 0.509. The number of halogens is 5. The molecule has 1 amide bonds. The van der Waals surface area contributed by atoms with Crippen LogP contribution in [0.15, 0.2) is 24.3 Å². The number of carbonyl (C=O) groups is 2. The van der Waals surface area contributed by atoms with Crippen molar-refractivity contribution in [2.45, 2.75) is 25.3 Å². The van der Waals surface area contributed by atoms with Crippen LogP contribution in [-0.2, 0) is 20.9 Å². The Hall–Kier alpha value is -1.87. The number of alkyl halides is 4. The Balaban J connectivity index is 3.15. The van der Waals surface area contributed by atoms with Gasteiger partial charge in [0.05, 0.1) is 6.61 Å². The minimum absolute atomic E-state index is 0.259. The van der Waals surface area contributed by atoms with E-state index in [1.54, 1.807) is 0 Å². The molecule has 0 saturated carbocycles. The molecule has 2 N–H and O–H groups in total. The fraction of sp³-hybridized carbons (Fsp3) is 0.429. The minimum Gasteiger partial charge on any atom is -0.463 e. The number of esters is 1. The molecule has 1 unspecified atom stereocenters. The smallest absolute Gasteiger partial charge is 0.436 e. The summed E-state index contributed by atoms with van der Waals surface area (Å²) in [5.41, 5.74) is -3.21. The van der Waals surface area contributed by atoms with Crippen molar-refractivity contribution in [1.29, 1.82) is 0 Å². The second-order valence-electron chi connectivity index (χ2n) is 4.63. The van der Waals surface area contributed by atoms with Crippen molar-refractivity contribution >= 4 is 23.5 Å². The van der Waals surface area contributed by atoms with Crippen LogP contribution < -0.4 is 10.6 Å². The summed E-state index contributed by atoms with van der Waals surface area (Å²) < 4.78 is 57.9. The van der Waals surface area contributed by atoms with Crippen molar-refractivity contribution in [2.75, 3.05) is 12.5 Å². The van der Waals surface area contributed by atoms with E-state index in [-0.39, 0.29) is 12.2 Å². The number of ether oxygens (including phenoxy) is 1. The van der Waals surface area contributed by atoms with E-state index in [1.165, 1.54) is 24.4 Å². The van der Waals surface area contributed by atoms with Gasteiger partial charge in [0, 0.05) is 6.54 Å². The molecule has 0 radical (unpaired) electrons. The largest absolute Gasteiger partial charge is 0.463 e. The maximum atomic E-state index is 13.5. The fourth-order valence-corrected chi connectivity index (χ4v) is 1.84. The molecular weight excluding hydrogens is 356 g/mol. The molecule has 0 aliphatic heterocycles. The van der Waals surface area contributed by atoms with Gasteiger partial charge in [-0.25, -0.2) is 9.18 Å². The average molecular weight is 371 g/mol. The van der Waals surface area contributed by atoms with Gasteiger partial charge in [0.2, 0.25) is 5.91 Å². The van der Waals surface area contributed by atoms with Gasteiger partial charge in [-0.15, -0.1) is 11.6 Å². The lowest BCUT2D eigenvalue weighted by Crippen LogP contribution is -2.72. The number of benzene rings is 1. The molecule has 5 nitrogen and oxygen atoms in total. The topological polar surface area (TPSA) is 67.4 Å². The molecule has 0 spiro atoms. The van der Waals surface area contributed by atoms with Crippen LogP contribution in [-0.4, -0.2) is 36.2 Å². The quantitative estimate of drug-likeness (QED) is 0.334. The van der Waals surface area contributed by atoms with Crippen LogP contribution in [0, 0.1) is 5.82 Å². The van der Waals surface area contributed by atoms with E-state index in [0.29, 0.717) is 0 Å². The van der Waals surface area contributed by atoms with Crippen LogP contribution in [0.3, 0.4) is 0 Å². The Morgan fingerprint density at radius 2 is 1.79 bits per heavy atom. The molecule has 134 valence electrons. The van der Waals surface area contributed by atoms with E-state index >= 15 is 0 Å². The van der Waals surface area contributed by atoms with Crippen LogP contribution in [0.25, 0.3) is 0 Å². The van der Waals surface area contributed by atoms with Gasteiger partial charge in [-0.05, 0) is 24.6 Å². The lowest BCUT2D eigenvalue weighted by Gasteiger charge is -2.34. The molecule has 1 atom stereocenters. The second-order valence-corrected chi connectivity index (χ2v) is 4.90. The Kier molecular flexibility index (Phi) is 6.97. The molecule has 0 bridgehead atoms. The third kappa shape index (κ3) is 4.81. The molecule has 0 aromatic heterocycles. The SMILES string of the molecule is CCOC(=O)C(NCc1ccc(F)cc1)(NC(=O)CCl)C(F)(F)F. The normalized spacial score (nSPS) is 13.9. The predicted molar refractivity (Wildman–Crippen MR) is 77.5 cm³/mol. The molecule has 24 heavy (non-hydrogen) atoms. The summed E-state index contributed by atoms with van der Waals surface area (Å²) in [7, 11) is 0. The molecule has 0 heterocycles. The van der Waals surface area contributed by atoms with Crippen LogP contribution in [0.5, 0.6) is 0 Å². The molecule has 10 heteroatoms. The molecule has 0 saturated heterocycles. The number of hydrogen-bond acceptors (Lipinski definition) is 4. The van der Waals surface area contributed by atoms with Crippen LogP contribution in [0.1, 0.15) is 12.5 Å². The predicted octanol–water partition coefficient (Wildman–Crippen LogP) is 2.09. The maximum absolute atomic E-state index is 13.5. The summed E-state index contributed by atoms with van der Waals surface area (Å²) in [6, 6.07) is 4.57. The Bertz CT molecular complexity index is 580. The summed E-state index contributed by atoms with van der Waals surface area (Å²) in [6.07, 6.45) is -5.21. The highest BCUT2D eigenvalue weighted by Gasteiger charge is 2.62. The third-order valence-electron chi connectivity index (χ3n) is 2.93. The summed E-state index contributed by atoms with van der Waals surface area (Å²) in [5, 5.41) is 3.48. The van der Waals surface area contributed by atoms with Gasteiger partial charge in [-0.1, -0.05) is 12.1 Å². The van der Waals surface area contributed by atoms with Gasteiger partial charge >= 0.3 is 12.1 Å². The summed E-state index contributed by atoms with van der Waals surface area (Å²) in [4.78, 5) is 23.3. The molecular formula is C14H15ClF4N2O3. The van der Waals surface area contributed by atoms with E-state index in [1.807, 2.05) is 5.32 Å². The van der Waals surface area contributed by atoms with Gasteiger partial charge in [0.1, 0.15) is 11.7 Å². The standard InChI is InChI=1S/C14H15ClF4N2O3/c1-2-24-12(23)13(14(17,18)19,21-11(22)7-15)20-8-9-3-5-10(16)6-4-9/h3-6,20H,2,7-8H2,1H3,(H,21,22). The van der Waals surface area contributed by atoms with Crippen LogP contribution in [0.2, 0.25) is 0 Å². The first-order valence-corrected chi connectivity index (χ1v) is 7.30. The highest BCUT2D eigenvalue weighted by Crippen LogP contribution is 2.30. The zero-order valence-electron chi connectivity index (χ0n) is 12.5. The first-order chi connectivity index (χ1) is 11.2. The number of nitrogens with one attached hydrogen (secondary N) is 2. The van der Waals surface area contributed by atoms with Gasteiger partial charge in [-0.2, -0.15) is 13.2 Å². The highest BCUT2D eigenvalue weighted by molar-refractivity contribution is 6.27. The minimum atomic E-state index is -5.21. The third-order valence-corrected chi connectivity index (χ3v) is 3.17. The molecule has 1 aromatic rings. The van der Waals surface area contributed by atoms with E-state index < -0.39 is 42.0 Å². The number of carbonyl (C=O) groups excluding carboxylic acids is 2. The lowest BCUT2D eigenvalue weighted by molar-refractivity contribution is -0.221. The van der Waals surface area contributed by atoms with E-state index in [4.69, 9.17) is 11.6 Å². The van der Waals surface area contributed by atoms with Gasteiger partial charge in [0.25, 0.3) is 5.66 Å². The second kappa shape index (κ2) is 8.29. The van der Waals surface area contributed by atoms with Crippen molar-refractivity contribution in [3.05, 3.63) is 35.6 Å². The fourth-order valence-electron chi connectivity index (χ4n) is 1.77. The average Bonchev–Trinajstić information content (AvgIpc) is 2.51. The zero-order valence-corrected chi connectivity index (χ0v) is 13.3. The van der Waals surface area contributed by atoms with E-state index in [0.717, 1.165) is 12.1 Å².